The van der Waals surface area contributed by atoms with E-state index in [2.05, 4.69) is 5.32 Å². The Kier molecular flexibility index (Phi) is 6.99. The van der Waals surface area contributed by atoms with Crippen molar-refractivity contribution in [3.05, 3.63) is 58.6 Å². The Morgan fingerprint density at radius 2 is 2.03 bits per heavy atom. The molecule has 6 nitrogen and oxygen atoms in total. The Morgan fingerprint density at radius 3 is 2.66 bits per heavy atom. The van der Waals surface area contributed by atoms with Gasteiger partial charge >= 0.3 is 0 Å². The molecule has 2 aromatic rings. The van der Waals surface area contributed by atoms with E-state index in [1.165, 1.54) is 7.11 Å². The third-order valence-electron chi connectivity index (χ3n) is 4.86. The van der Waals surface area contributed by atoms with Crippen molar-refractivity contribution in [2.45, 2.75) is 25.8 Å². The molecule has 1 atom stereocenters. The van der Waals surface area contributed by atoms with Gasteiger partial charge in [0, 0.05) is 25.1 Å². The molecule has 29 heavy (non-hydrogen) atoms. The fourth-order valence-corrected chi connectivity index (χ4v) is 3.68. The second kappa shape index (κ2) is 9.65. The summed E-state index contributed by atoms with van der Waals surface area (Å²) >= 11 is 6.31. The lowest BCUT2D eigenvalue weighted by atomic mass is 10.1. The van der Waals surface area contributed by atoms with E-state index >= 15 is 0 Å². The molecule has 1 fully saturated rings. The van der Waals surface area contributed by atoms with Gasteiger partial charge in [-0.25, -0.2) is 0 Å². The van der Waals surface area contributed by atoms with Gasteiger partial charge in [0.15, 0.2) is 11.5 Å². The third-order valence-corrected chi connectivity index (χ3v) is 5.14. The minimum atomic E-state index is -0.331. The van der Waals surface area contributed by atoms with Crippen LogP contribution in [0.1, 0.15) is 41.7 Å². The van der Waals surface area contributed by atoms with Crippen molar-refractivity contribution in [3.8, 4) is 11.5 Å². The molecule has 7 heteroatoms. The van der Waals surface area contributed by atoms with Crippen molar-refractivity contribution in [1.82, 2.24) is 10.2 Å². The Bertz CT molecular complexity index is 873. The van der Waals surface area contributed by atoms with E-state index in [1.54, 1.807) is 17.0 Å². The maximum Gasteiger partial charge on any atom is 0.252 e. The lowest BCUT2D eigenvalue weighted by Crippen LogP contribution is -2.38. The summed E-state index contributed by atoms with van der Waals surface area (Å²) in [6.07, 6.45) is 1.40. The molecule has 0 spiro atoms. The van der Waals surface area contributed by atoms with Crippen LogP contribution in [0, 0.1) is 0 Å². The van der Waals surface area contributed by atoms with E-state index in [-0.39, 0.29) is 17.9 Å². The highest BCUT2D eigenvalue weighted by atomic mass is 35.5. The van der Waals surface area contributed by atoms with Crippen LogP contribution in [0.15, 0.2) is 42.5 Å². The van der Waals surface area contributed by atoms with Gasteiger partial charge in [-0.15, -0.1) is 0 Å². The zero-order valence-electron chi connectivity index (χ0n) is 16.6. The monoisotopic (exact) mass is 416 g/mol. The molecular formula is C22H25ClN2O4. The molecule has 1 saturated heterocycles. The normalized spacial score (nSPS) is 14.6. The smallest absolute Gasteiger partial charge is 0.252 e. The molecule has 1 heterocycles. The Hall–Kier alpha value is -2.73. The number of hydrogen-bond acceptors (Lipinski definition) is 4. The molecule has 0 aromatic heterocycles. The fourth-order valence-electron chi connectivity index (χ4n) is 3.41. The summed E-state index contributed by atoms with van der Waals surface area (Å²) in [5.74, 6) is 0.630. The zero-order chi connectivity index (χ0) is 20.8. The molecule has 1 aliphatic rings. The topological polar surface area (TPSA) is 67.9 Å². The predicted molar refractivity (Wildman–Crippen MR) is 112 cm³/mol. The summed E-state index contributed by atoms with van der Waals surface area (Å²) in [5.41, 5.74) is 1.30. The highest BCUT2D eigenvalue weighted by Crippen LogP contribution is 2.36. The van der Waals surface area contributed by atoms with Gasteiger partial charge in [-0.2, -0.15) is 0 Å². The number of halogens is 1. The molecule has 1 N–H and O–H groups in total. The molecule has 154 valence electrons. The Balaban J connectivity index is 1.84. The first-order valence-electron chi connectivity index (χ1n) is 9.67. The van der Waals surface area contributed by atoms with Gasteiger partial charge in [0.2, 0.25) is 5.91 Å². The maximum atomic E-state index is 13.0. The van der Waals surface area contributed by atoms with Crippen LogP contribution in [0.3, 0.4) is 0 Å². The summed E-state index contributed by atoms with van der Waals surface area (Å²) in [6.45, 7) is 3.42. The highest BCUT2D eigenvalue weighted by molar-refractivity contribution is 6.32. The summed E-state index contributed by atoms with van der Waals surface area (Å²) in [5, 5.41) is 3.35. The van der Waals surface area contributed by atoms with Crippen LogP contribution < -0.4 is 14.8 Å². The SMILES string of the molecule is CCOc1c(Cl)cc(C(=O)NC(CN2CCCC2=O)c2ccccc2)cc1OC. The average Bonchev–Trinajstić information content (AvgIpc) is 3.14. The lowest BCUT2D eigenvalue weighted by Gasteiger charge is -2.25. The predicted octanol–water partition coefficient (Wildman–Crippen LogP) is 3.84. The summed E-state index contributed by atoms with van der Waals surface area (Å²) in [7, 11) is 1.50. The van der Waals surface area contributed by atoms with E-state index in [0.29, 0.717) is 48.2 Å². The van der Waals surface area contributed by atoms with Crippen LogP contribution in [-0.4, -0.2) is 43.5 Å². The number of methoxy groups -OCH3 is 1. The highest BCUT2D eigenvalue weighted by Gasteiger charge is 2.26. The number of likely N-dealkylation sites (tertiary alicyclic amines) is 1. The van der Waals surface area contributed by atoms with Crippen molar-refractivity contribution < 1.29 is 19.1 Å². The second-order valence-corrected chi connectivity index (χ2v) is 7.21. The maximum absolute atomic E-state index is 13.0. The molecule has 2 aromatic carbocycles. The number of carbonyl (C=O) groups excluding carboxylic acids is 2. The zero-order valence-corrected chi connectivity index (χ0v) is 17.4. The first kappa shape index (κ1) is 21.0. The van der Waals surface area contributed by atoms with Crippen molar-refractivity contribution in [2.75, 3.05) is 26.8 Å². The van der Waals surface area contributed by atoms with Gasteiger partial charge in [-0.3, -0.25) is 9.59 Å². The van der Waals surface area contributed by atoms with E-state index in [1.807, 2.05) is 37.3 Å². The third kappa shape index (κ3) is 5.01. The van der Waals surface area contributed by atoms with Gasteiger partial charge < -0.3 is 19.7 Å². The molecular weight excluding hydrogens is 392 g/mol. The van der Waals surface area contributed by atoms with Crippen LogP contribution >= 0.6 is 11.6 Å². The molecule has 0 radical (unpaired) electrons. The van der Waals surface area contributed by atoms with Gasteiger partial charge in [0.25, 0.3) is 5.91 Å². The number of amides is 2. The number of nitrogens with one attached hydrogen (secondary N) is 1. The van der Waals surface area contributed by atoms with E-state index < -0.39 is 0 Å². The first-order valence-corrected chi connectivity index (χ1v) is 10.0. The quantitative estimate of drug-likeness (QED) is 0.709. The Labute approximate surface area is 175 Å². The van der Waals surface area contributed by atoms with E-state index in [4.69, 9.17) is 21.1 Å². The minimum Gasteiger partial charge on any atom is -0.493 e. The summed E-state index contributed by atoms with van der Waals surface area (Å²) in [4.78, 5) is 26.9. The number of rotatable bonds is 8. The van der Waals surface area contributed by atoms with Crippen LogP contribution in [0.4, 0.5) is 0 Å². The summed E-state index contributed by atoms with van der Waals surface area (Å²) in [6, 6.07) is 12.5. The first-order chi connectivity index (χ1) is 14.0. The second-order valence-electron chi connectivity index (χ2n) is 6.80. The molecule has 1 aliphatic heterocycles. The molecule has 0 aliphatic carbocycles. The van der Waals surface area contributed by atoms with Gasteiger partial charge in [0.05, 0.1) is 24.8 Å². The molecule has 1 unspecified atom stereocenters. The van der Waals surface area contributed by atoms with Crippen LogP contribution in [0.25, 0.3) is 0 Å². The van der Waals surface area contributed by atoms with Gasteiger partial charge in [-0.05, 0) is 31.0 Å². The molecule has 3 rings (SSSR count). The largest absolute Gasteiger partial charge is 0.493 e. The Morgan fingerprint density at radius 1 is 1.28 bits per heavy atom. The van der Waals surface area contributed by atoms with Crippen molar-refractivity contribution in [2.24, 2.45) is 0 Å². The standard InChI is InChI=1S/C22H25ClN2O4/c1-3-29-21-17(23)12-16(13-19(21)28-2)22(27)24-18(15-8-5-4-6-9-15)14-25-11-7-10-20(25)26/h4-6,8-9,12-13,18H,3,7,10-11,14H2,1-2H3,(H,24,27). The van der Waals surface area contributed by atoms with Crippen LogP contribution in [0.2, 0.25) is 5.02 Å². The number of carbonyl (C=O) groups is 2. The van der Waals surface area contributed by atoms with E-state index in [9.17, 15) is 9.59 Å². The number of hydrogen-bond donors (Lipinski definition) is 1. The number of ether oxygens (including phenoxy) is 2. The van der Waals surface area contributed by atoms with Gasteiger partial charge in [-0.1, -0.05) is 41.9 Å². The van der Waals surface area contributed by atoms with E-state index in [0.717, 1.165) is 12.0 Å². The summed E-state index contributed by atoms with van der Waals surface area (Å²) < 4.78 is 10.9. The van der Waals surface area contributed by atoms with Crippen molar-refractivity contribution in [1.29, 1.82) is 0 Å². The van der Waals surface area contributed by atoms with Crippen molar-refractivity contribution >= 4 is 23.4 Å². The minimum absolute atomic E-state index is 0.117. The molecule has 2 amide bonds. The van der Waals surface area contributed by atoms with Gasteiger partial charge in [0.1, 0.15) is 0 Å². The fraction of sp³-hybridized carbons (Fsp3) is 0.364. The number of nitrogens with zero attached hydrogens (tertiary/aromatic N) is 1. The number of benzene rings is 2. The molecule has 0 bridgehead atoms. The van der Waals surface area contributed by atoms with Crippen LogP contribution in [-0.2, 0) is 4.79 Å². The molecule has 0 saturated carbocycles. The van der Waals surface area contributed by atoms with Crippen molar-refractivity contribution in [3.63, 3.8) is 0 Å². The average molecular weight is 417 g/mol. The lowest BCUT2D eigenvalue weighted by molar-refractivity contribution is -0.128. The van der Waals surface area contributed by atoms with Crippen LogP contribution in [0.5, 0.6) is 11.5 Å².